The van der Waals surface area contributed by atoms with Crippen molar-refractivity contribution in [3.05, 3.63) is 42.2 Å². The molecule has 0 spiro atoms. The molecule has 5 nitrogen and oxygen atoms in total. The fourth-order valence-electron chi connectivity index (χ4n) is 2.42. The largest absolute Gasteiger partial charge is 0.497 e. The third-order valence-electron chi connectivity index (χ3n) is 3.40. The average Bonchev–Trinajstić information content (AvgIpc) is 2.90. The van der Waals surface area contributed by atoms with Crippen molar-refractivity contribution in [1.82, 2.24) is 9.38 Å². The molecule has 2 heterocycles. The van der Waals surface area contributed by atoms with Crippen molar-refractivity contribution in [2.45, 2.75) is 6.92 Å². The van der Waals surface area contributed by atoms with Gasteiger partial charge in [-0.05, 0) is 36.8 Å². The lowest BCUT2D eigenvalue weighted by Crippen LogP contribution is -1.93. The van der Waals surface area contributed by atoms with Gasteiger partial charge in [0.15, 0.2) is 5.65 Å². The standard InChI is InChI=1S/C16H17N3O2/c1-10-6-13(17)16-18-14(9-19(16)8-10)12-7-11(20-2)4-5-15(12)21-3/h4-9H,17H2,1-3H3. The number of fused-ring (bicyclic) bond motifs is 1. The molecule has 3 rings (SSSR count). The number of benzene rings is 1. The zero-order valence-corrected chi connectivity index (χ0v) is 12.3. The Kier molecular flexibility index (Phi) is 3.17. The molecule has 108 valence electrons. The highest BCUT2D eigenvalue weighted by Crippen LogP contribution is 2.33. The van der Waals surface area contributed by atoms with Crippen LogP contribution in [0, 0.1) is 6.92 Å². The number of hydrogen-bond donors (Lipinski definition) is 1. The first-order chi connectivity index (χ1) is 10.1. The number of anilines is 1. The molecule has 21 heavy (non-hydrogen) atoms. The van der Waals surface area contributed by atoms with Crippen molar-refractivity contribution in [3.63, 3.8) is 0 Å². The Hall–Kier alpha value is -2.69. The van der Waals surface area contributed by atoms with Gasteiger partial charge >= 0.3 is 0 Å². The van der Waals surface area contributed by atoms with Crippen LogP contribution in [0.2, 0.25) is 0 Å². The summed E-state index contributed by atoms with van der Waals surface area (Å²) in [5.74, 6) is 1.50. The number of hydrogen-bond acceptors (Lipinski definition) is 4. The van der Waals surface area contributed by atoms with Gasteiger partial charge in [0.2, 0.25) is 0 Å². The molecule has 5 heteroatoms. The summed E-state index contributed by atoms with van der Waals surface area (Å²) < 4.78 is 12.6. The first kappa shape index (κ1) is 13.3. The number of ether oxygens (including phenoxy) is 2. The smallest absolute Gasteiger partial charge is 0.160 e. The van der Waals surface area contributed by atoms with E-state index in [1.165, 1.54) is 0 Å². The highest BCUT2D eigenvalue weighted by atomic mass is 16.5. The predicted molar refractivity (Wildman–Crippen MR) is 82.9 cm³/mol. The van der Waals surface area contributed by atoms with Crippen molar-refractivity contribution >= 4 is 11.3 Å². The summed E-state index contributed by atoms with van der Waals surface area (Å²) in [6, 6.07) is 7.54. The Morgan fingerprint density at radius 2 is 1.90 bits per heavy atom. The number of methoxy groups -OCH3 is 2. The summed E-state index contributed by atoms with van der Waals surface area (Å²) in [4.78, 5) is 4.61. The third kappa shape index (κ3) is 2.27. The maximum absolute atomic E-state index is 6.04. The van der Waals surface area contributed by atoms with E-state index in [0.29, 0.717) is 5.69 Å². The van der Waals surface area contributed by atoms with Gasteiger partial charge in [-0.15, -0.1) is 0 Å². The summed E-state index contributed by atoms with van der Waals surface area (Å²) in [6.07, 6.45) is 3.94. The fraction of sp³-hybridized carbons (Fsp3) is 0.188. The molecule has 0 aliphatic carbocycles. The van der Waals surface area contributed by atoms with Crippen molar-refractivity contribution in [1.29, 1.82) is 0 Å². The number of aryl methyl sites for hydroxylation is 1. The molecule has 0 amide bonds. The Morgan fingerprint density at radius 3 is 2.62 bits per heavy atom. The number of nitrogens with two attached hydrogens (primary N) is 1. The van der Waals surface area contributed by atoms with Crippen LogP contribution in [0.15, 0.2) is 36.7 Å². The van der Waals surface area contributed by atoms with Gasteiger partial charge in [0.05, 0.1) is 25.6 Å². The normalized spacial score (nSPS) is 10.8. The van der Waals surface area contributed by atoms with Gasteiger partial charge in [-0.1, -0.05) is 0 Å². The van der Waals surface area contributed by atoms with Gasteiger partial charge < -0.3 is 19.6 Å². The highest BCUT2D eigenvalue weighted by molar-refractivity contribution is 5.75. The van der Waals surface area contributed by atoms with E-state index in [0.717, 1.165) is 34.0 Å². The molecular weight excluding hydrogens is 266 g/mol. The molecule has 0 bridgehead atoms. The summed E-state index contributed by atoms with van der Waals surface area (Å²) in [5, 5.41) is 0. The Morgan fingerprint density at radius 1 is 1.10 bits per heavy atom. The van der Waals surface area contributed by atoms with E-state index >= 15 is 0 Å². The minimum absolute atomic E-state index is 0.656. The number of rotatable bonds is 3. The SMILES string of the molecule is COc1ccc(OC)c(-c2cn3cc(C)cc(N)c3n2)c1. The molecule has 2 N–H and O–H groups in total. The molecule has 0 saturated heterocycles. The summed E-state index contributed by atoms with van der Waals surface area (Å²) >= 11 is 0. The number of nitrogens with zero attached hydrogens (tertiary/aromatic N) is 2. The quantitative estimate of drug-likeness (QED) is 0.803. The molecule has 2 aromatic heterocycles. The Balaban J connectivity index is 2.22. The molecule has 0 unspecified atom stereocenters. The van der Waals surface area contributed by atoms with Gasteiger partial charge in [-0.2, -0.15) is 0 Å². The molecule has 0 radical (unpaired) electrons. The van der Waals surface area contributed by atoms with Crippen molar-refractivity contribution in [2.24, 2.45) is 0 Å². The van der Waals surface area contributed by atoms with Crippen LogP contribution in [0.3, 0.4) is 0 Å². The van der Waals surface area contributed by atoms with Crippen LogP contribution < -0.4 is 15.2 Å². The van der Waals surface area contributed by atoms with Crippen LogP contribution in [0.1, 0.15) is 5.56 Å². The topological polar surface area (TPSA) is 61.8 Å². The van der Waals surface area contributed by atoms with Crippen molar-refractivity contribution < 1.29 is 9.47 Å². The second kappa shape index (κ2) is 5.01. The zero-order valence-electron chi connectivity index (χ0n) is 12.3. The van der Waals surface area contributed by atoms with Crippen molar-refractivity contribution in [2.75, 3.05) is 20.0 Å². The minimum Gasteiger partial charge on any atom is -0.497 e. The molecule has 3 aromatic rings. The van der Waals surface area contributed by atoms with Crippen LogP contribution in [-0.4, -0.2) is 23.6 Å². The van der Waals surface area contributed by atoms with E-state index in [9.17, 15) is 0 Å². The maximum Gasteiger partial charge on any atom is 0.160 e. The van der Waals surface area contributed by atoms with Crippen LogP contribution in [0.5, 0.6) is 11.5 Å². The van der Waals surface area contributed by atoms with E-state index in [1.54, 1.807) is 14.2 Å². The summed E-state index contributed by atoms with van der Waals surface area (Å²) in [5.41, 5.74) is 10.2. The second-order valence-electron chi connectivity index (χ2n) is 4.90. The fourth-order valence-corrected chi connectivity index (χ4v) is 2.42. The molecule has 0 aliphatic rings. The van der Waals surface area contributed by atoms with E-state index in [4.69, 9.17) is 15.2 Å². The lowest BCUT2D eigenvalue weighted by molar-refractivity contribution is 0.404. The summed E-state index contributed by atoms with van der Waals surface area (Å²) in [7, 11) is 3.27. The second-order valence-corrected chi connectivity index (χ2v) is 4.90. The minimum atomic E-state index is 0.656. The lowest BCUT2D eigenvalue weighted by Gasteiger charge is -2.08. The molecule has 0 atom stereocenters. The lowest BCUT2D eigenvalue weighted by atomic mass is 10.1. The summed E-state index contributed by atoms with van der Waals surface area (Å²) in [6.45, 7) is 2.00. The van der Waals surface area contributed by atoms with E-state index in [2.05, 4.69) is 4.98 Å². The molecule has 0 aliphatic heterocycles. The van der Waals surface area contributed by atoms with E-state index < -0.39 is 0 Å². The van der Waals surface area contributed by atoms with Crippen LogP contribution in [-0.2, 0) is 0 Å². The van der Waals surface area contributed by atoms with Gasteiger partial charge in [-0.25, -0.2) is 4.98 Å². The average molecular weight is 283 g/mol. The third-order valence-corrected chi connectivity index (χ3v) is 3.40. The van der Waals surface area contributed by atoms with Gasteiger partial charge in [0, 0.05) is 18.0 Å². The van der Waals surface area contributed by atoms with Crippen LogP contribution in [0.25, 0.3) is 16.9 Å². The molecule has 0 fully saturated rings. The molecule has 1 aromatic carbocycles. The molecule has 0 saturated carbocycles. The zero-order chi connectivity index (χ0) is 15.0. The van der Waals surface area contributed by atoms with E-state index in [-0.39, 0.29) is 0 Å². The number of nitrogen functional groups attached to an aromatic ring is 1. The number of imidazole rings is 1. The first-order valence-corrected chi connectivity index (χ1v) is 6.59. The molecular formula is C16H17N3O2. The number of pyridine rings is 1. The maximum atomic E-state index is 6.04. The van der Waals surface area contributed by atoms with Crippen LogP contribution >= 0.6 is 0 Å². The number of aromatic nitrogens is 2. The van der Waals surface area contributed by atoms with Gasteiger partial charge in [0.25, 0.3) is 0 Å². The monoisotopic (exact) mass is 283 g/mol. The van der Waals surface area contributed by atoms with Crippen molar-refractivity contribution in [3.8, 4) is 22.8 Å². The van der Waals surface area contributed by atoms with E-state index in [1.807, 2.05) is 48.0 Å². The van der Waals surface area contributed by atoms with Gasteiger partial charge in [-0.3, -0.25) is 0 Å². The highest BCUT2D eigenvalue weighted by Gasteiger charge is 2.13. The predicted octanol–water partition coefficient (Wildman–Crippen LogP) is 2.91. The van der Waals surface area contributed by atoms with Crippen LogP contribution in [0.4, 0.5) is 5.69 Å². The van der Waals surface area contributed by atoms with Gasteiger partial charge in [0.1, 0.15) is 11.5 Å². The Labute approximate surface area is 122 Å². The first-order valence-electron chi connectivity index (χ1n) is 6.59. The Bertz CT molecular complexity index is 809.